The fourth-order valence-electron chi connectivity index (χ4n) is 2.52. The number of carbonyl (C=O) groups excluding carboxylic acids is 1. The molecule has 0 spiro atoms. The molecule has 0 aliphatic heterocycles. The number of carbonyl (C=O) groups is 1. The zero-order valence-corrected chi connectivity index (χ0v) is 14.7. The predicted molar refractivity (Wildman–Crippen MR) is 95.6 cm³/mol. The van der Waals surface area contributed by atoms with Gasteiger partial charge in [0, 0.05) is 18.0 Å². The molecule has 128 valence electrons. The summed E-state index contributed by atoms with van der Waals surface area (Å²) in [5.74, 6) is -0.290. The highest BCUT2D eigenvalue weighted by molar-refractivity contribution is 6.30. The van der Waals surface area contributed by atoms with Crippen molar-refractivity contribution in [1.29, 1.82) is 0 Å². The number of nitrogens with zero attached hydrogens (tertiary/aromatic N) is 1. The second-order valence-electron chi connectivity index (χ2n) is 5.96. The highest BCUT2D eigenvalue weighted by atomic mass is 35.5. The van der Waals surface area contributed by atoms with Crippen molar-refractivity contribution in [3.63, 3.8) is 0 Å². The van der Waals surface area contributed by atoms with E-state index in [4.69, 9.17) is 11.6 Å². The van der Waals surface area contributed by atoms with Gasteiger partial charge in [-0.05, 0) is 55.9 Å². The van der Waals surface area contributed by atoms with E-state index in [2.05, 4.69) is 5.32 Å². The molecule has 2 aromatic rings. The number of halogens is 2. The molecule has 1 atom stereocenters. The normalized spacial score (nSPS) is 12.2. The standard InChI is InChI=1S/C19H22ClFN2O/c1-23(2)18(15-4-3-5-17(21)12-15)13-22-19(24)11-8-14-6-9-16(20)10-7-14/h3-7,9-10,12,18H,8,11,13H2,1-2H3,(H,22,24). The molecule has 5 heteroatoms. The molecule has 0 aromatic heterocycles. The molecule has 0 aliphatic carbocycles. The summed E-state index contributed by atoms with van der Waals surface area (Å²) in [6.07, 6.45) is 1.07. The van der Waals surface area contributed by atoms with Crippen molar-refractivity contribution in [1.82, 2.24) is 10.2 Å². The number of rotatable bonds is 7. The molecule has 0 saturated heterocycles. The third-order valence-corrected chi connectivity index (χ3v) is 4.16. The summed E-state index contributed by atoms with van der Waals surface area (Å²) in [5, 5.41) is 3.62. The zero-order chi connectivity index (χ0) is 17.5. The van der Waals surface area contributed by atoms with Crippen molar-refractivity contribution in [2.45, 2.75) is 18.9 Å². The molecule has 2 aromatic carbocycles. The fourth-order valence-corrected chi connectivity index (χ4v) is 2.65. The van der Waals surface area contributed by atoms with Gasteiger partial charge in [-0.1, -0.05) is 35.9 Å². The van der Waals surface area contributed by atoms with Crippen molar-refractivity contribution in [2.75, 3.05) is 20.6 Å². The Kier molecular flexibility index (Phi) is 6.76. The molecule has 0 radical (unpaired) electrons. The second kappa shape index (κ2) is 8.81. The molecule has 0 aliphatic rings. The van der Waals surface area contributed by atoms with Crippen LogP contribution in [0.5, 0.6) is 0 Å². The molecule has 1 unspecified atom stereocenters. The van der Waals surface area contributed by atoms with Crippen LogP contribution in [0, 0.1) is 5.82 Å². The van der Waals surface area contributed by atoms with E-state index in [0.717, 1.165) is 11.1 Å². The third-order valence-electron chi connectivity index (χ3n) is 3.90. The number of benzene rings is 2. The van der Waals surface area contributed by atoms with Crippen LogP contribution in [-0.4, -0.2) is 31.4 Å². The lowest BCUT2D eigenvalue weighted by Gasteiger charge is -2.25. The summed E-state index contributed by atoms with van der Waals surface area (Å²) >= 11 is 5.85. The van der Waals surface area contributed by atoms with Crippen LogP contribution < -0.4 is 5.32 Å². The molecule has 0 bridgehead atoms. The fraction of sp³-hybridized carbons (Fsp3) is 0.316. The Morgan fingerprint density at radius 1 is 1.21 bits per heavy atom. The second-order valence-corrected chi connectivity index (χ2v) is 6.40. The van der Waals surface area contributed by atoms with Gasteiger partial charge in [-0.15, -0.1) is 0 Å². The van der Waals surface area contributed by atoms with Gasteiger partial charge in [0.25, 0.3) is 0 Å². The van der Waals surface area contributed by atoms with E-state index in [1.165, 1.54) is 12.1 Å². The number of amides is 1. The summed E-state index contributed by atoms with van der Waals surface area (Å²) in [6.45, 7) is 0.440. The van der Waals surface area contributed by atoms with E-state index in [1.807, 2.05) is 49.3 Å². The topological polar surface area (TPSA) is 32.3 Å². The SMILES string of the molecule is CN(C)C(CNC(=O)CCc1ccc(Cl)cc1)c1cccc(F)c1. The van der Waals surface area contributed by atoms with E-state index in [9.17, 15) is 9.18 Å². The molecular formula is C19H22ClFN2O. The molecule has 0 fully saturated rings. The van der Waals surface area contributed by atoms with Crippen LogP contribution in [0.1, 0.15) is 23.6 Å². The third kappa shape index (κ3) is 5.62. The first-order chi connectivity index (χ1) is 11.5. The number of likely N-dealkylation sites (N-methyl/N-ethyl adjacent to an activating group) is 1. The monoisotopic (exact) mass is 348 g/mol. The molecule has 0 saturated carbocycles. The summed E-state index contributed by atoms with van der Waals surface area (Å²) in [7, 11) is 3.82. The van der Waals surface area contributed by atoms with Crippen LogP contribution in [0.25, 0.3) is 0 Å². The number of nitrogens with one attached hydrogen (secondary N) is 1. The van der Waals surface area contributed by atoms with E-state index >= 15 is 0 Å². The minimum atomic E-state index is -0.270. The van der Waals surface area contributed by atoms with Crippen molar-refractivity contribution >= 4 is 17.5 Å². The smallest absolute Gasteiger partial charge is 0.220 e. The van der Waals surface area contributed by atoms with Crippen LogP contribution in [0.2, 0.25) is 5.02 Å². The minimum Gasteiger partial charge on any atom is -0.354 e. The first kappa shape index (κ1) is 18.4. The number of hydrogen-bond acceptors (Lipinski definition) is 2. The van der Waals surface area contributed by atoms with E-state index < -0.39 is 0 Å². The van der Waals surface area contributed by atoms with Crippen LogP contribution in [-0.2, 0) is 11.2 Å². The van der Waals surface area contributed by atoms with Crippen LogP contribution in [0.15, 0.2) is 48.5 Å². The Hall–Kier alpha value is -1.91. The van der Waals surface area contributed by atoms with Gasteiger partial charge < -0.3 is 10.2 Å². The van der Waals surface area contributed by atoms with Gasteiger partial charge >= 0.3 is 0 Å². The average Bonchev–Trinajstić information content (AvgIpc) is 2.54. The quantitative estimate of drug-likeness (QED) is 0.824. The zero-order valence-electron chi connectivity index (χ0n) is 13.9. The van der Waals surface area contributed by atoms with Gasteiger partial charge in [0.1, 0.15) is 5.82 Å². The van der Waals surface area contributed by atoms with Gasteiger partial charge in [0.2, 0.25) is 5.91 Å². The maximum absolute atomic E-state index is 13.4. The Balaban J connectivity index is 1.87. The first-order valence-corrected chi connectivity index (χ1v) is 8.26. The Morgan fingerprint density at radius 2 is 1.92 bits per heavy atom. The van der Waals surface area contributed by atoms with Gasteiger partial charge in [-0.25, -0.2) is 4.39 Å². The van der Waals surface area contributed by atoms with E-state index in [-0.39, 0.29) is 17.8 Å². The number of aryl methyl sites for hydroxylation is 1. The first-order valence-electron chi connectivity index (χ1n) is 7.89. The Bertz CT molecular complexity index is 673. The average molecular weight is 349 g/mol. The van der Waals surface area contributed by atoms with E-state index in [1.54, 1.807) is 6.07 Å². The van der Waals surface area contributed by atoms with Crippen molar-refractivity contribution in [3.05, 3.63) is 70.5 Å². The maximum atomic E-state index is 13.4. The van der Waals surface area contributed by atoms with Gasteiger partial charge in [0.05, 0.1) is 6.04 Å². The van der Waals surface area contributed by atoms with Gasteiger partial charge in [-0.2, -0.15) is 0 Å². The molecule has 0 heterocycles. The molecule has 24 heavy (non-hydrogen) atoms. The summed E-state index contributed by atoms with van der Waals surface area (Å²) in [5.41, 5.74) is 1.92. The van der Waals surface area contributed by atoms with Crippen LogP contribution in [0.4, 0.5) is 4.39 Å². The summed E-state index contributed by atoms with van der Waals surface area (Å²) in [4.78, 5) is 14.0. The Labute approximate surface area is 147 Å². The molecule has 1 N–H and O–H groups in total. The lowest BCUT2D eigenvalue weighted by molar-refractivity contribution is -0.121. The van der Waals surface area contributed by atoms with Crippen LogP contribution >= 0.6 is 11.6 Å². The molecule has 2 rings (SSSR count). The summed E-state index contributed by atoms with van der Waals surface area (Å²) in [6, 6.07) is 13.9. The summed E-state index contributed by atoms with van der Waals surface area (Å²) < 4.78 is 13.4. The largest absolute Gasteiger partial charge is 0.354 e. The van der Waals surface area contributed by atoms with Crippen molar-refractivity contribution in [3.8, 4) is 0 Å². The van der Waals surface area contributed by atoms with Crippen molar-refractivity contribution in [2.24, 2.45) is 0 Å². The molecular weight excluding hydrogens is 327 g/mol. The lowest BCUT2D eigenvalue weighted by atomic mass is 10.1. The lowest BCUT2D eigenvalue weighted by Crippen LogP contribution is -2.34. The minimum absolute atomic E-state index is 0.0202. The maximum Gasteiger partial charge on any atom is 0.220 e. The highest BCUT2D eigenvalue weighted by Crippen LogP contribution is 2.18. The molecule has 1 amide bonds. The predicted octanol–water partition coefficient (Wildman–Crippen LogP) is 3.83. The van der Waals surface area contributed by atoms with Gasteiger partial charge in [0.15, 0.2) is 0 Å². The molecule has 3 nitrogen and oxygen atoms in total. The highest BCUT2D eigenvalue weighted by Gasteiger charge is 2.15. The van der Waals surface area contributed by atoms with Gasteiger partial charge in [-0.3, -0.25) is 4.79 Å². The van der Waals surface area contributed by atoms with Crippen molar-refractivity contribution < 1.29 is 9.18 Å². The number of hydrogen-bond donors (Lipinski definition) is 1. The van der Waals surface area contributed by atoms with Crippen LogP contribution in [0.3, 0.4) is 0 Å². The Morgan fingerprint density at radius 3 is 2.54 bits per heavy atom. The van der Waals surface area contributed by atoms with E-state index in [0.29, 0.717) is 24.4 Å².